The number of fused-ring (bicyclic) bond motifs is 1. The van der Waals surface area contributed by atoms with Gasteiger partial charge in [-0.25, -0.2) is 18.1 Å². The van der Waals surface area contributed by atoms with E-state index in [0.717, 1.165) is 40.2 Å². The van der Waals surface area contributed by atoms with Crippen LogP contribution >= 0.6 is 0 Å². The van der Waals surface area contributed by atoms with Crippen LogP contribution < -0.4 is 9.62 Å². The van der Waals surface area contributed by atoms with Crippen LogP contribution in [-0.2, 0) is 33.8 Å². The van der Waals surface area contributed by atoms with E-state index in [9.17, 15) is 13.2 Å². The topological polar surface area (TPSA) is 84.3 Å². The van der Waals surface area contributed by atoms with Crippen molar-refractivity contribution in [2.45, 2.75) is 75.8 Å². The number of aryl methyl sites for hydroxylation is 2. The predicted octanol–water partition coefficient (Wildman–Crippen LogP) is 6.55. The third kappa shape index (κ3) is 6.35. The maximum Gasteiger partial charge on any atom is 0.241 e. The molecule has 1 aliphatic carbocycles. The van der Waals surface area contributed by atoms with Crippen molar-refractivity contribution >= 4 is 21.6 Å². The van der Waals surface area contributed by atoms with Crippen molar-refractivity contribution < 1.29 is 13.2 Å². The van der Waals surface area contributed by atoms with E-state index in [1.807, 2.05) is 73.3 Å². The second kappa shape index (κ2) is 11.9. The number of sulfonamides is 1. The van der Waals surface area contributed by atoms with Crippen LogP contribution in [0.15, 0.2) is 90.1 Å². The summed E-state index contributed by atoms with van der Waals surface area (Å²) in [6.07, 6.45) is 5.43. The standard InChI is InChI=1S/C34H40N4O3S/c1-24-10-9-13-28(20-24)42(40,41)36-31-16-17-34(3,4)30-15-14-27(22-29(30)31)38(23-32-35-18-19-37(32)5)33(39)21-25(2)26-11-7-6-8-12-26/h6-15,18-20,22,25,31,36H,16-17,21,23H2,1-5H3/t25-,31-/m0/s1. The summed E-state index contributed by atoms with van der Waals surface area (Å²) in [5.74, 6) is 0.791. The zero-order valence-electron chi connectivity index (χ0n) is 25.0. The highest BCUT2D eigenvalue weighted by Gasteiger charge is 2.35. The van der Waals surface area contributed by atoms with E-state index in [1.54, 1.807) is 29.3 Å². The van der Waals surface area contributed by atoms with Crippen LogP contribution in [0, 0.1) is 6.92 Å². The summed E-state index contributed by atoms with van der Waals surface area (Å²) in [6, 6.07) is 22.7. The molecule has 0 aliphatic heterocycles. The Morgan fingerprint density at radius 3 is 2.55 bits per heavy atom. The van der Waals surface area contributed by atoms with Crippen LogP contribution in [0.4, 0.5) is 5.69 Å². The molecule has 0 bridgehead atoms. The Labute approximate surface area is 249 Å². The molecule has 0 saturated heterocycles. The molecule has 1 heterocycles. The normalized spacial score (nSPS) is 16.9. The minimum atomic E-state index is -3.75. The smallest absolute Gasteiger partial charge is 0.241 e. The van der Waals surface area contributed by atoms with Crippen molar-refractivity contribution in [2.24, 2.45) is 7.05 Å². The lowest BCUT2D eigenvalue weighted by molar-refractivity contribution is -0.119. The molecule has 0 spiro atoms. The lowest BCUT2D eigenvalue weighted by Crippen LogP contribution is -2.37. The third-order valence-electron chi connectivity index (χ3n) is 8.48. The number of hydrogen-bond acceptors (Lipinski definition) is 4. The SMILES string of the molecule is Cc1cccc(S(=O)(=O)N[C@H]2CCC(C)(C)c3ccc(N(Cc4nccn4C)C(=O)C[C@H](C)c4ccccc4)cc32)c1. The number of benzene rings is 3. The molecule has 0 saturated carbocycles. The molecular weight excluding hydrogens is 544 g/mol. The van der Waals surface area contributed by atoms with Crippen LogP contribution in [0.1, 0.15) is 80.1 Å². The fraction of sp³-hybridized carbons (Fsp3) is 0.353. The summed E-state index contributed by atoms with van der Waals surface area (Å²) in [7, 11) is -1.83. The van der Waals surface area contributed by atoms with Crippen molar-refractivity contribution in [3.05, 3.63) is 113 Å². The van der Waals surface area contributed by atoms with Crippen molar-refractivity contribution in [1.29, 1.82) is 0 Å². The molecule has 8 heteroatoms. The third-order valence-corrected chi connectivity index (χ3v) is 9.95. The zero-order chi connectivity index (χ0) is 30.1. The van der Waals surface area contributed by atoms with Crippen molar-refractivity contribution in [3.63, 3.8) is 0 Å². The minimum Gasteiger partial charge on any atom is -0.337 e. The molecule has 1 N–H and O–H groups in total. The summed E-state index contributed by atoms with van der Waals surface area (Å²) >= 11 is 0. The summed E-state index contributed by atoms with van der Waals surface area (Å²) < 4.78 is 31.8. The molecule has 4 aromatic rings. The van der Waals surface area contributed by atoms with Crippen LogP contribution in [0.2, 0.25) is 0 Å². The van der Waals surface area contributed by atoms with E-state index < -0.39 is 16.1 Å². The van der Waals surface area contributed by atoms with E-state index in [2.05, 4.69) is 36.5 Å². The van der Waals surface area contributed by atoms with Gasteiger partial charge in [-0.3, -0.25) is 4.79 Å². The first kappa shape index (κ1) is 29.7. The molecule has 1 aliphatic rings. The molecule has 1 aromatic heterocycles. The van der Waals surface area contributed by atoms with Gasteiger partial charge in [0.05, 0.1) is 11.4 Å². The van der Waals surface area contributed by atoms with Crippen molar-refractivity contribution in [1.82, 2.24) is 14.3 Å². The second-order valence-electron chi connectivity index (χ2n) is 12.1. The largest absolute Gasteiger partial charge is 0.337 e. The number of nitrogens with zero attached hydrogens (tertiary/aromatic N) is 3. The highest BCUT2D eigenvalue weighted by molar-refractivity contribution is 7.89. The highest BCUT2D eigenvalue weighted by atomic mass is 32.2. The molecule has 0 unspecified atom stereocenters. The molecule has 42 heavy (non-hydrogen) atoms. The highest BCUT2D eigenvalue weighted by Crippen LogP contribution is 2.43. The first-order valence-electron chi connectivity index (χ1n) is 14.5. The van der Waals surface area contributed by atoms with Gasteiger partial charge in [-0.2, -0.15) is 0 Å². The molecule has 2 atom stereocenters. The Morgan fingerprint density at radius 2 is 1.86 bits per heavy atom. The predicted molar refractivity (Wildman–Crippen MR) is 167 cm³/mol. The van der Waals surface area contributed by atoms with Gasteiger partial charge in [0.2, 0.25) is 15.9 Å². The van der Waals surface area contributed by atoms with Crippen LogP contribution in [0.25, 0.3) is 0 Å². The summed E-state index contributed by atoms with van der Waals surface area (Å²) in [5.41, 5.74) is 4.61. The first-order chi connectivity index (χ1) is 19.9. The van der Waals surface area contributed by atoms with Gasteiger partial charge in [-0.1, -0.05) is 69.3 Å². The second-order valence-corrected chi connectivity index (χ2v) is 13.8. The van der Waals surface area contributed by atoms with Gasteiger partial charge in [-0.15, -0.1) is 0 Å². The Morgan fingerprint density at radius 1 is 1.10 bits per heavy atom. The summed E-state index contributed by atoms with van der Waals surface area (Å²) in [4.78, 5) is 20.5. The molecule has 0 fully saturated rings. The fourth-order valence-corrected chi connectivity index (χ4v) is 7.22. The molecule has 0 radical (unpaired) electrons. The summed E-state index contributed by atoms with van der Waals surface area (Å²) in [6.45, 7) is 8.64. The molecule has 7 nitrogen and oxygen atoms in total. The van der Waals surface area contributed by atoms with Crippen LogP contribution in [0.5, 0.6) is 0 Å². The first-order valence-corrected chi connectivity index (χ1v) is 16.0. The van der Waals surface area contributed by atoms with Gasteiger partial charge in [-0.05, 0) is 77.6 Å². The van der Waals surface area contributed by atoms with Gasteiger partial charge in [0, 0.05) is 37.6 Å². The number of aromatic nitrogens is 2. The van der Waals surface area contributed by atoms with E-state index in [4.69, 9.17) is 0 Å². The number of carbonyl (C=O) groups is 1. The molecule has 1 amide bonds. The van der Waals surface area contributed by atoms with Gasteiger partial charge in [0.1, 0.15) is 5.82 Å². The van der Waals surface area contributed by atoms with E-state index in [-0.39, 0.29) is 22.1 Å². The number of amides is 1. The van der Waals surface area contributed by atoms with E-state index >= 15 is 0 Å². The Bertz CT molecular complexity index is 1680. The van der Waals surface area contributed by atoms with Crippen molar-refractivity contribution in [2.75, 3.05) is 4.90 Å². The number of anilines is 1. The Hall–Kier alpha value is -3.75. The molecule has 3 aromatic carbocycles. The number of hydrogen-bond donors (Lipinski definition) is 1. The zero-order valence-corrected chi connectivity index (χ0v) is 25.9. The van der Waals surface area contributed by atoms with Gasteiger partial charge in [0.25, 0.3) is 0 Å². The maximum atomic E-state index is 14.0. The fourth-order valence-electron chi connectivity index (χ4n) is 5.86. The van der Waals surface area contributed by atoms with Crippen LogP contribution in [-0.4, -0.2) is 23.9 Å². The monoisotopic (exact) mass is 584 g/mol. The molecule has 220 valence electrons. The lowest BCUT2D eigenvalue weighted by atomic mass is 9.71. The lowest BCUT2D eigenvalue weighted by Gasteiger charge is -2.38. The number of rotatable bonds is 9. The van der Waals surface area contributed by atoms with Gasteiger partial charge in [0.15, 0.2) is 0 Å². The maximum absolute atomic E-state index is 14.0. The van der Waals surface area contributed by atoms with Crippen LogP contribution in [0.3, 0.4) is 0 Å². The Balaban J connectivity index is 1.52. The van der Waals surface area contributed by atoms with E-state index in [1.165, 1.54) is 0 Å². The van der Waals surface area contributed by atoms with E-state index in [0.29, 0.717) is 19.4 Å². The number of carbonyl (C=O) groups excluding carboxylic acids is 1. The Kier molecular flexibility index (Phi) is 8.39. The van der Waals surface area contributed by atoms with Gasteiger partial charge >= 0.3 is 0 Å². The average Bonchev–Trinajstić information content (AvgIpc) is 3.37. The molecule has 5 rings (SSSR count). The molecular formula is C34H40N4O3S. The minimum absolute atomic E-state index is 0.0127. The quantitative estimate of drug-likeness (QED) is 0.242. The van der Waals surface area contributed by atoms with Crippen molar-refractivity contribution in [3.8, 4) is 0 Å². The summed E-state index contributed by atoms with van der Waals surface area (Å²) in [5, 5.41) is 0. The average molecular weight is 585 g/mol. The number of imidazole rings is 1. The van der Waals surface area contributed by atoms with Gasteiger partial charge < -0.3 is 9.47 Å². The number of nitrogens with one attached hydrogen (secondary N) is 1.